The minimum Gasteiger partial charge on any atom is -0.338 e. The van der Waals surface area contributed by atoms with Crippen LogP contribution in [0, 0.1) is 5.92 Å². The number of rotatable bonds is 6. The van der Waals surface area contributed by atoms with Gasteiger partial charge < -0.3 is 15.1 Å². The first kappa shape index (κ1) is 18.7. The molecule has 0 aliphatic carbocycles. The Kier molecular flexibility index (Phi) is 7.06. The van der Waals surface area contributed by atoms with Crippen LogP contribution in [0.2, 0.25) is 0 Å². The van der Waals surface area contributed by atoms with Crippen molar-refractivity contribution in [1.82, 2.24) is 20.0 Å². The summed E-state index contributed by atoms with van der Waals surface area (Å²) in [6.07, 6.45) is 2.35. The molecule has 134 valence electrons. The SMILES string of the molecule is CN(C)CCN(C)C(=O)NC[C@H]1CCCN(C)[C@H]1c1ccccc1. The Labute approximate surface area is 146 Å². The number of benzene rings is 1. The Morgan fingerprint density at radius 1 is 1.21 bits per heavy atom. The fourth-order valence-corrected chi connectivity index (χ4v) is 3.46. The van der Waals surface area contributed by atoms with Gasteiger partial charge in [-0.25, -0.2) is 4.79 Å². The van der Waals surface area contributed by atoms with Gasteiger partial charge in [0.2, 0.25) is 0 Å². The second kappa shape index (κ2) is 9.04. The molecule has 1 aromatic rings. The average molecular weight is 332 g/mol. The van der Waals surface area contributed by atoms with Crippen LogP contribution in [0.15, 0.2) is 30.3 Å². The molecular formula is C19H32N4O. The lowest BCUT2D eigenvalue weighted by Crippen LogP contribution is -2.45. The minimum atomic E-state index is 0.0249. The first-order valence-electron chi connectivity index (χ1n) is 8.88. The summed E-state index contributed by atoms with van der Waals surface area (Å²) in [5, 5.41) is 3.14. The quantitative estimate of drug-likeness (QED) is 0.868. The topological polar surface area (TPSA) is 38.8 Å². The zero-order valence-electron chi connectivity index (χ0n) is 15.5. The summed E-state index contributed by atoms with van der Waals surface area (Å²) in [6, 6.07) is 11.1. The zero-order valence-corrected chi connectivity index (χ0v) is 15.5. The van der Waals surface area contributed by atoms with Gasteiger partial charge in [-0.2, -0.15) is 0 Å². The Morgan fingerprint density at radius 2 is 1.92 bits per heavy atom. The van der Waals surface area contributed by atoms with Crippen molar-refractivity contribution in [2.75, 3.05) is 54.4 Å². The van der Waals surface area contributed by atoms with Crippen LogP contribution in [0.3, 0.4) is 0 Å². The van der Waals surface area contributed by atoms with Crippen molar-refractivity contribution in [2.24, 2.45) is 5.92 Å². The van der Waals surface area contributed by atoms with Gasteiger partial charge in [0.1, 0.15) is 0 Å². The molecule has 24 heavy (non-hydrogen) atoms. The fraction of sp³-hybridized carbons (Fsp3) is 0.632. The van der Waals surface area contributed by atoms with E-state index in [-0.39, 0.29) is 6.03 Å². The Morgan fingerprint density at radius 3 is 2.58 bits per heavy atom. The van der Waals surface area contributed by atoms with E-state index in [1.54, 1.807) is 4.90 Å². The molecule has 5 nitrogen and oxygen atoms in total. The highest BCUT2D eigenvalue weighted by Crippen LogP contribution is 2.34. The first-order chi connectivity index (χ1) is 11.5. The van der Waals surface area contributed by atoms with E-state index in [1.807, 2.05) is 21.1 Å². The van der Waals surface area contributed by atoms with Gasteiger partial charge in [0.15, 0.2) is 0 Å². The number of amides is 2. The molecule has 0 saturated carbocycles. The van der Waals surface area contributed by atoms with E-state index in [0.29, 0.717) is 12.0 Å². The third-order valence-corrected chi connectivity index (χ3v) is 4.89. The number of likely N-dealkylation sites (N-methyl/N-ethyl adjacent to an activating group) is 2. The molecule has 1 saturated heterocycles. The number of nitrogens with zero attached hydrogens (tertiary/aromatic N) is 3. The molecule has 0 spiro atoms. The number of carbonyl (C=O) groups excluding carboxylic acids is 1. The van der Waals surface area contributed by atoms with Gasteiger partial charge in [-0.15, -0.1) is 0 Å². The molecule has 0 aromatic heterocycles. The number of piperidine rings is 1. The van der Waals surface area contributed by atoms with E-state index in [9.17, 15) is 4.79 Å². The Balaban J connectivity index is 1.93. The number of hydrogen-bond acceptors (Lipinski definition) is 3. The predicted octanol–water partition coefficient (Wildman–Crippen LogP) is 2.27. The van der Waals surface area contributed by atoms with Gasteiger partial charge in [-0.05, 0) is 52.0 Å². The molecule has 2 rings (SSSR count). The summed E-state index contributed by atoms with van der Waals surface area (Å²) < 4.78 is 0. The van der Waals surface area contributed by atoms with Crippen LogP contribution in [-0.2, 0) is 0 Å². The molecular weight excluding hydrogens is 300 g/mol. The summed E-state index contributed by atoms with van der Waals surface area (Å²) in [5.74, 6) is 0.456. The normalized spacial score (nSPS) is 21.7. The maximum absolute atomic E-state index is 12.3. The molecule has 1 N–H and O–H groups in total. The third-order valence-electron chi connectivity index (χ3n) is 4.89. The molecule has 5 heteroatoms. The van der Waals surface area contributed by atoms with Crippen LogP contribution in [0.1, 0.15) is 24.4 Å². The van der Waals surface area contributed by atoms with Crippen LogP contribution < -0.4 is 5.32 Å². The van der Waals surface area contributed by atoms with Gasteiger partial charge in [0, 0.05) is 32.7 Å². The van der Waals surface area contributed by atoms with E-state index in [0.717, 1.165) is 32.6 Å². The lowest BCUT2D eigenvalue weighted by atomic mass is 9.85. The van der Waals surface area contributed by atoms with Gasteiger partial charge in [0.25, 0.3) is 0 Å². The molecule has 1 fully saturated rings. The molecule has 1 aromatic carbocycles. The van der Waals surface area contributed by atoms with E-state index < -0.39 is 0 Å². The lowest BCUT2D eigenvalue weighted by molar-refractivity contribution is 0.118. The fourth-order valence-electron chi connectivity index (χ4n) is 3.46. The van der Waals surface area contributed by atoms with Crippen molar-refractivity contribution in [3.05, 3.63) is 35.9 Å². The molecule has 0 bridgehead atoms. The smallest absolute Gasteiger partial charge is 0.317 e. The maximum atomic E-state index is 12.3. The standard InChI is InChI=1S/C19H32N4O/c1-21(2)13-14-23(4)19(24)20-15-17-11-8-12-22(3)18(17)16-9-6-5-7-10-16/h5-7,9-10,17-18H,8,11-15H2,1-4H3,(H,20,24)/t17-,18+/m1/s1. The summed E-state index contributed by atoms with van der Waals surface area (Å²) in [7, 11) is 8.09. The van der Waals surface area contributed by atoms with Gasteiger partial charge in [-0.3, -0.25) is 4.90 Å². The molecule has 1 aliphatic heterocycles. The minimum absolute atomic E-state index is 0.0249. The highest BCUT2D eigenvalue weighted by molar-refractivity contribution is 5.73. The predicted molar refractivity (Wildman–Crippen MR) is 99.1 cm³/mol. The van der Waals surface area contributed by atoms with E-state index in [2.05, 4.69) is 52.5 Å². The number of urea groups is 1. The Hall–Kier alpha value is -1.59. The van der Waals surface area contributed by atoms with Crippen molar-refractivity contribution in [1.29, 1.82) is 0 Å². The largest absolute Gasteiger partial charge is 0.338 e. The Bertz CT molecular complexity index is 505. The van der Waals surface area contributed by atoms with E-state index in [4.69, 9.17) is 0 Å². The van der Waals surface area contributed by atoms with Crippen molar-refractivity contribution >= 4 is 6.03 Å². The molecule has 1 aliphatic rings. The van der Waals surface area contributed by atoms with Crippen molar-refractivity contribution in [3.63, 3.8) is 0 Å². The summed E-state index contributed by atoms with van der Waals surface area (Å²) in [4.78, 5) is 18.6. The highest BCUT2D eigenvalue weighted by atomic mass is 16.2. The van der Waals surface area contributed by atoms with Crippen LogP contribution in [0.4, 0.5) is 4.79 Å². The molecule has 0 unspecified atom stereocenters. The zero-order chi connectivity index (χ0) is 17.5. The molecule has 0 radical (unpaired) electrons. The van der Waals surface area contributed by atoms with Crippen molar-refractivity contribution in [2.45, 2.75) is 18.9 Å². The van der Waals surface area contributed by atoms with Gasteiger partial charge in [0.05, 0.1) is 0 Å². The second-order valence-electron chi connectivity index (χ2n) is 7.15. The van der Waals surface area contributed by atoms with Crippen LogP contribution >= 0.6 is 0 Å². The summed E-state index contributed by atoms with van der Waals surface area (Å²) in [6.45, 7) is 3.47. The second-order valence-corrected chi connectivity index (χ2v) is 7.15. The average Bonchev–Trinajstić information content (AvgIpc) is 2.58. The molecule has 2 atom stereocenters. The summed E-state index contributed by atoms with van der Waals surface area (Å²) in [5.41, 5.74) is 1.35. The number of hydrogen-bond donors (Lipinski definition) is 1. The number of likely N-dealkylation sites (tertiary alicyclic amines) is 1. The molecule has 1 heterocycles. The number of nitrogens with one attached hydrogen (secondary N) is 1. The van der Waals surface area contributed by atoms with Gasteiger partial charge in [-0.1, -0.05) is 30.3 Å². The van der Waals surface area contributed by atoms with E-state index in [1.165, 1.54) is 12.0 Å². The first-order valence-corrected chi connectivity index (χ1v) is 8.88. The van der Waals surface area contributed by atoms with Crippen molar-refractivity contribution in [3.8, 4) is 0 Å². The third kappa shape index (κ3) is 5.21. The van der Waals surface area contributed by atoms with Gasteiger partial charge >= 0.3 is 6.03 Å². The van der Waals surface area contributed by atoms with Crippen LogP contribution in [-0.4, -0.2) is 75.1 Å². The lowest BCUT2D eigenvalue weighted by Gasteiger charge is -2.40. The number of carbonyl (C=O) groups is 1. The van der Waals surface area contributed by atoms with Crippen molar-refractivity contribution < 1.29 is 4.79 Å². The monoisotopic (exact) mass is 332 g/mol. The highest BCUT2D eigenvalue weighted by Gasteiger charge is 2.30. The molecule has 2 amide bonds. The van der Waals surface area contributed by atoms with Crippen LogP contribution in [0.5, 0.6) is 0 Å². The summed E-state index contributed by atoms with van der Waals surface area (Å²) >= 11 is 0. The van der Waals surface area contributed by atoms with E-state index >= 15 is 0 Å². The van der Waals surface area contributed by atoms with Crippen LogP contribution in [0.25, 0.3) is 0 Å². The maximum Gasteiger partial charge on any atom is 0.317 e.